The Balaban J connectivity index is 1.84. The smallest absolute Gasteiger partial charge is 0.165 e. The van der Waals surface area contributed by atoms with Gasteiger partial charge in [0, 0.05) is 17.3 Å². The summed E-state index contributed by atoms with van der Waals surface area (Å²) in [5.41, 5.74) is 5.92. The van der Waals surface area contributed by atoms with Crippen LogP contribution in [-0.4, -0.2) is 12.6 Å². The summed E-state index contributed by atoms with van der Waals surface area (Å²) in [4.78, 5) is 1.22. The normalized spacial score (nSPS) is 12.4. The summed E-state index contributed by atoms with van der Waals surface area (Å²) in [6, 6.07) is 10.3. The van der Waals surface area contributed by atoms with Crippen LogP contribution in [0.15, 0.2) is 41.8 Å². The number of rotatable bonds is 5. The average Bonchev–Trinajstić information content (AvgIpc) is 2.81. The van der Waals surface area contributed by atoms with E-state index in [0.29, 0.717) is 6.61 Å². The molecule has 0 spiro atoms. The molecule has 1 aromatic heterocycles. The molecule has 1 heterocycles. The molecular weight excluding hydrogens is 237 g/mol. The Morgan fingerprint density at radius 2 is 2.06 bits per heavy atom. The topological polar surface area (TPSA) is 35.2 Å². The molecule has 90 valence electrons. The maximum absolute atomic E-state index is 13.3. The van der Waals surface area contributed by atoms with Crippen LogP contribution >= 0.6 is 11.3 Å². The number of hydrogen-bond donors (Lipinski definition) is 1. The zero-order chi connectivity index (χ0) is 12.1. The second kappa shape index (κ2) is 5.80. The zero-order valence-electron chi connectivity index (χ0n) is 9.30. The van der Waals surface area contributed by atoms with E-state index in [0.717, 1.165) is 6.42 Å². The van der Waals surface area contributed by atoms with Crippen molar-refractivity contribution in [3.63, 3.8) is 0 Å². The molecule has 0 aliphatic carbocycles. The zero-order valence-corrected chi connectivity index (χ0v) is 10.1. The first-order valence-electron chi connectivity index (χ1n) is 5.41. The van der Waals surface area contributed by atoms with E-state index in [9.17, 15) is 4.39 Å². The van der Waals surface area contributed by atoms with Crippen LogP contribution < -0.4 is 10.5 Å². The molecule has 0 aliphatic rings. The lowest BCUT2D eigenvalue weighted by atomic mass is 10.2. The van der Waals surface area contributed by atoms with Crippen molar-refractivity contribution in [2.75, 3.05) is 6.61 Å². The van der Waals surface area contributed by atoms with Gasteiger partial charge in [0.25, 0.3) is 0 Å². The van der Waals surface area contributed by atoms with Crippen LogP contribution in [0.3, 0.4) is 0 Å². The number of halogens is 1. The van der Waals surface area contributed by atoms with E-state index in [1.54, 1.807) is 29.5 Å². The maximum atomic E-state index is 13.3. The lowest BCUT2D eigenvalue weighted by molar-refractivity contribution is 0.275. The van der Waals surface area contributed by atoms with Gasteiger partial charge in [0.1, 0.15) is 6.61 Å². The number of ether oxygens (including phenoxy) is 1. The lowest BCUT2D eigenvalue weighted by Gasteiger charge is -2.12. The van der Waals surface area contributed by atoms with Gasteiger partial charge in [-0.15, -0.1) is 11.3 Å². The van der Waals surface area contributed by atoms with Crippen molar-refractivity contribution in [1.82, 2.24) is 0 Å². The minimum absolute atomic E-state index is 0.117. The number of benzene rings is 1. The van der Waals surface area contributed by atoms with Crippen LogP contribution in [0, 0.1) is 5.82 Å². The van der Waals surface area contributed by atoms with E-state index in [1.807, 2.05) is 17.5 Å². The fourth-order valence-electron chi connectivity index (χ4n) is 1.50. The Bertz CT molecular complexity index is 458. The van der Waals surface area contributed by atoms with Crippen molar-refractivity contribution in [2.45, 2.75) is 12.5 Å². The summed E-state index contributed by atoms with van der Waals surface area (Å²) in [6.45, 7) is 0.318. The molecule has 17 heavy (non-hydrogen) atoms. The molecule has 0 aliphatic heterocycles. The van der Waals surface area contributed by atoms with Crippen molar-refractivity contribution in [2.24, 2.45) is 5.73 Å². The molecule has 0 fully saturated rings. The van der Waals surface area contributed by atoms with E-state index in [4.69, 9.17) is 10.5 Å². The van der Waals surface area contributed by atoms with Crippen LogP contribution in [0.4, 0.5) is 4.39 Å². The van der Waals surface area contributed by atoms with Gasteiger partial charge in [-0.3, -0.25) is 0 Å². The summed E-state index contributed by atoms with van der Waals surface area (Å²) < 4.78 is 18.6. The minimum Gasteiger partial charge on any atom is -0.489 e. The second-order valence-electron chi connectivity index (χ2n) is 3.78. The molecule has 0 radical (unpaired) electrons. The van der Waals surface area contributed by atoms with Crippen molar-refractivity contribution < 1.29 is 9.13 Å². The van der Waals surface area contributed by atoms with Crippen LogP contribution in [0.25, 0.3) is 0 Å². The van der Waals surface area contributed by atoms with E-state index < -0.39 is 0 Å². The molecule has 1 aromatic carbocycles. The van der Waals surface area contributed by atoms with E-state index >= 15 is 0 Å². The Morgan fingerprint density at radius 3 is 2.76 bits per heavy atom. The first-order valence-corrected chi connectivity index (χ1v) is 6.29. The highest BCUT2D eigenvalue weighted by Crippen LogP contribution is 2.16. The van der Waals surface area contributed by atoms with Gasteiger partial charge in [-0.1, -0.05) is 18.2 Å². The molecule has 0 amide bonds. The van der Waals surface area contributed by atoms with Crippen LogP contribution in [-0.2, 0) is 6.42 Å². The Morgan fingerprint density at radius 1 is 1.24 bits per heavy atom. The monoisotopic (exact) mass is 251 g/mol. The number of para-hydroxylation sites is 1. The van der Waals surface area contributed by atoms with Gasteiger partial charge >= 0.3 is 0 Å². The first kappa shape index (κ1) is 12.1. The highest BCUT2D eigenvalue weighted by atomic mass is 32.1. The molecule has 1 atom stereocenters. The average molecular weight is 251 g/mol. The fourth-order valence-corrected chi connectivity index (χ4v) is 2.30. The minimum atomic E-state index is -0.351. The second-order valence-corrected chi connectivity index (χ2v) is 4.82. The molecule has 2 N–H and O–H groups in total. The molecule has 0 saturated carbocycles. The predicted octanol–water partition coefficient (Wildman–Crippen LogP) is 2.84. The lowest BCUT2D eigenvalue weighted by Crippen LogP contribution is -2.30. The highest BCUT2D eigenvalue weighted by molar-refractivity contribution is 7.09. The van der Waals surface area contributed by atoms with Crippen molar-refractivity contribution in [3.8, 4) is 5.75 Å². The van der Waals surface area contributed by atoms with Gasteiger partial charge in [0.15, 0.2) is 11.6 Å². The molecular formula is C13H14FNOS. The maximum Gasteiger partial charge on any atom is 0.165 e. The SMILES string of the molecule is NC(COc1ccccc1F)Cc1cccs1. The van der Waals surface area contributed by atoms with Crippen molar-refractivity contribution in [3.05, 3.63) is 52.5 Å². The molecule has 4 heteroatoms. The molecule has 2 aromatic rings. The summed E-state index contributed by atoms with van der Waals surface area (Å²) in [5, 5.41) is 2.01. The Kier molecular flexibility index (Phi) is 4.12. The number of thiophene rings is 1. The van der Waals surface area contributed by atoms with Gasteiger partial charge in [0.05, 0.1) is 0 Å². The highest BCUT2D eigenvalue weighted by Gasteiger charge is 2.08. The van der Waals surface area contributed by atoms with Crippen LogP contribution in [0.2, 0.25) is 0 Å². The third-order valence-electron chi connectivity index (χ3n) is 2.33. The molecule has 2 nitrogen and oxygen atoms in total. The van der Waals surface area contributed by atoms with Gasteiger partial charge < -0.3 is 10.5 Å². The van der Waals surface area contributed by atoms with E-state index in [1.165, 1.54) is 10.9 Å². The molecule has 2 rings (SSSR count). The Hall–Kier alpha value is -1.39. The van der Waals surface area contributed by atoms with Crippen LogP contribution in [0.5, 0.6) is 5.75 Å². The number of hydrogen-bond acceptors (Lipinski definition) is 3. The van der Waals surface area contributed by atoms with Crippen molar-refractivity contribution >= 4 is 11.3 Å². The Labute approximate surface area is 104 Å². The standard InChI is InChI=1S/C13H14FNOS/c14-12-5-1-2-6-13(12)16-9-10(15)8-11-4-3-7-17-11/h1-7,10H,8-9,15H2. The molecule has 1 unspecified atom stereocenters. The van der Waals surface area contributed by atoms with Gasteiger partial charge in [0.2, 0.25) is 0 Å². The van der Waals surface area contributed by atoms with Gasteiger partial charge in [-0.25, -0.2) is 4.39 Å². The summed E-state index contributed by atoms with van der Waals surface area (Å²) >= 11 is 1.67. The van der Waals surface area contributed by atoms with Gasteiger partial charge in [-0.2, -0.15) is 0 Å². The van der Waals surface area contributed by atoms with Crippen LogP contribution in [0.1, 0.15) is 4.88 Å². The summed E-state index contributed by atoms with van der Waals surface area (Å²) in [6.07, 6.45) is 0.756. The third-order valence-corrected chi connectivity index (χ3v) is 3.23. The number of nitrogens with two attached hydrogens (primary N) is 1. The summed E-state index contributed by atoms with van der Waals surface area (Å²) in [7, 11) is 0. The largest absolute Gasteiger partial charge is 0.489 e. The first-order chi connectivity index (χ1) is 8.25. The van der Waals surface area contributed by atoms with Gasteiger partial charge in [-0.05, 0) is 23.6 Å². The quantitative estimate of drug-likeness (QED) is 0.887. The summed E-state index contributed by atoms with van der Waals surface area (Å²) in [5.74, 6) is -0.0926. The third kappa shape index (κ3) is 3.54. The van der Waals surface area contributed by atoms with E-state index in [-0.39, 0.29) is 17.6 Å². The predicted molar refractivity (Wildman–Crippen MR) is 67.9 cm³/mol. The van der Waals surface area contributed by atoms with E-state index in [2.05, 4.69) is 0 Å². The fraction of sp³-hybridized carbons (Fsp3) is 0.231. The van der Waals surface area contributed by atoms with Crippen molar-refractivity contribution in [1.29, 1.82) is 0 Å². The molecule has 0 bridgehead atoms. The molecule has 0 saturated heterocycles.